The maximum absolute atomic E-state index is 14.0. The van der Waals surface area contributed by atoms with Gasteiger partial charge in [-0.15, -0.1) is 0 Å². The molecule has 2 aliphatic heterocycles. The van der Waals surface area contributed by atoms with Gasteiger partial charge < -0.3 is 14.5 Å². The van der Waals surface area contributed by atoms with Crippen molar-refractivity contribution in [3.05, 3.63) is 66.7 Å². The Labute approximate surface area is 204 Å². The summed E-state index contributed by atoms with van der Waals surface area (Å²) in [6, 6.07) is 18.3. The van der Waals surface area contributed by atoms with Gasteiger partial charge in [0.05, 0.1) is 24.0 Å². The molecule has 6 nitrogen and oxygen atoms in total. The third-order valence-electron chi connectivity index (χ3n) is 7.57. The molecule has 0 saturated carbocycles. The number of para-hydroxylation sites is 1. The number of halogens is 1. The summed E-state index contributed by atoms with van der Waals surface area (Å²) < 4.78 is 19.5. The van der Waals surface area contributed by atoms with Crippen LogP contribution in [0.5, 0.6) is 5.75 Å². The van der Waals surface area contributed by atoms with E-state index in [-0.39, 0.29) is 0 Å². The highest BCUT2D eigenvalue weighted by molar-refractivity contribution is 5.95. The Hall–Kier alpha value is -3.45. The van der Waals surface area contributed by atoms with E-state index in [9.17, 15) is 4.39 Å². The third-order valence-corrected chi connectivity index (χ3v) is 7.57. The Morgan fingerprint density at radius 2 is 1.54 bits per heavy atom. The molecule has 0 amide bonds. The molecule has 2 aromatic heterocycles. The molecule has 0 atom stereocenters. The molecule has 35 heavy (non-hydrogen) atoms. The molecule has 4 aromatic rings. The molecule has 7 heteroatoms. The zero-order valence-corrected chi connectivity index (χ0v) is 20.0. The molecular weight excluding hydrogens is 441 g/mol. The molecule has 2 aliphatic rings. The fourth-order valence-corrected chi connectivity index (χ4v) is 5.73. The summed E-state index contributed by atoms with van der Waals surface area (Å²) in [5, 5.41) is 2.05. The van der Waals surface area contributed by atoms with Crippen LogP contribution in [0, 0.1) is 5.95 Å². The lowest BCUT2D eigenvalue weighted by Gasteiger charge is -2.44. The highest BCUT2D eigenvalue weighted by Crippen LogP contribution is 2.34. The van der Waals surface area contributed by atoms with Crippen molar-refractivity contribution < 1.29 is 9.13 Å². The van der Waals surface area contributed by atoms with E-state index < -0.39 is 5.95 Å². The minimum absolute atomic E-state index is 0.457. The van der Waals surface area contributed by atoms with Crippen LogP contribution in [-0.2, 0) is 0 Å². The normalized spacial score (nSPS) is 17.9. The number of hydrogen-bond acceptors (Lipinski definition) is 6. The summed E-state index contributed by atoms with van der Waals surface area (Å²) in [6.45, 7) is 6.04. The number of benzene rings is 2. The van der Waals surface area contributed by atoms with Gasteiger partial charge in [0.25, 0.3) is 0 Å². The molecular formula is C28H30FN5O. The van der Waals surface area contributed by atoms with Crippen LogP contribution < -0.4 is 14.5 Å². The Balaban J connectivity index is 1.12. The van der Waals surface area contributed by atoms with E-state index >= 15 is 0 Å². The molecule has 2 saturated heterocycles. The molecule has 0 N–H and O–H groups in total. The minimum Gasteiger partial charge on any atom is -0.496 e. The average molecular weight is 472 g/mol. The van der Waals surface area contributed by atoms with Crippen LogP contribution in [0.25, 0.3) is 21.8 Å². The molecule has 0 aliphatic carbocycles. The first-order valence-electron chi connectivity index (χ1n) is 12.4. The number of fused-ring (bicyclic) bond motifs is 2. The number of nitrogens with zero attached hydrogens (tertiary/aromatic N) is 5. The zero-order valence-electron chi connectivity index (χ0n) is 20.0. The number of piperidine rings is 1. The fraction of sp³-hybridized carbons (Fsp3) is 0.357. The van der Waals surface area contributed by atoms with Crippen molar-refractivity contribution in [2.75, 3.05) is 56.2 Å². The zero-order chi connectivity index (χ0) is 23.8. The maximum atomic E-state index is 14.0. The first-order chi connectivity index (χ1) is 17.2. The van der Waals surface area contributed by atoms with E-state index in [0.717, 1.165) is 74.5 Å². The summed E-state index contributed by atoms with van der Waals surface area (Å²) in [6.07, 6.45) is 4.07. The van der Waals surface area contributed by atoms with E-state index in [1.165, 1.54) is 17.1 Å². The van der Waals surface area contributed by atoms with E-state index in [0.29, 0.717) is 11.6 Å². The van der Waals surface area contributed by atoms with E-state index in [2.05, 4.69) is 48.9 Å². The monoisotopic (exact) mass is 471 g/mol. The summed E-state index contributed by atoms with van der Waals surface area (Å²) >= 11 is 0. The van der Waals surface area contributed by atoms with Crippen LogP contribution in [0.4, 0.5) is 15.8 Å². The van der Waals surface area contributed by atoms with Crippen molar-refractivity contribution >= 4 is 33.2 Å². The van der Waals surface area contributed by atoms with Gasteiger partial charge in [-0.3, -0.25) is 9.88 Å². The van der Waals surface area contributed by atoms with Crippen molar-refractivity contribution in [3.63, 3.8) is 0 Å². The van der Waals surface area contributed by atoms with Crippen molar-refractivity contribution in [2.24, 2.45) is 0 Å². The molecule has 180 valence electrons. The van der Waals surface area contributed by atoms with Crippen molar-refractivity contribution in [2.45, 2.75) is 18.9 Å². The highest BCUT2D eigenvalue weighted by atomic mass is 19.1. The van der Waals surface area contributed by atoms with Gasteiger partial charge in [-0.1, -0.05) is 18.2 Å². The molecule has 0 radical (unpaired) electrons. The second-order valence-electron chi connectivity index (χ2n) is 9.41. The Morgan fingerprint density at radius 3 is 2.34 bits per heavy atom. The van der Waals surface area contributed by atoms with Crippen LogP contribution >= 0.6 is 0 Å². The lowest BCUT2D eigenvalue weighted by atomic mass is 10.0. The highest BCUT2D eigenvalue weighted by Gasteiger charge is 2.29. The first-order valence-corrected chi connectivity index (χ1v) is 12.4. The summed E-state index contributed by atoms with van der Waals surface area (Å²) in [5.74, 6) is 0.270. The molecule has 0 spiro atoms. The number of piperazine rings is 1. The van der Waals surface area contributed by atoms with Crippen LogP contribution in [0.3, 0.4) is 0 Å². The molecule has 6 rings (SSSR count). The number of rotatable bonds is 4. The summed E-state index contributed by atoms with van der Waals surface area (Å²) in [7, 11) is 1.64. The quantitative estimate of drug-likeness (QED) is 0.401. The fourth-order valence-electron chi connectivity index (χ4n) is 5.73. The largest absolute Gasteiger partial charge is 0.496 e. The molecule has 0 unspecified atom stereocenters. The number of methoxy groups -OCH3 is 1. The molecule has 2 fully saturated rings. The molecule has 4 heterocycles. The van der Waals surface area contributed by atoms with Gasteiger partial charge in [-0.25, -0.2) is 4.98 Å². The van der Waals surface area contributed by atoms with Gasteiger partial charge in [0.1, 0.15) is 11.3 Å². The van der Waals surface area contributed by atoms with Gasteiger partial charge in [0.15, 0.2) is 0 Å². The predicted molar refractivity (Wildman–Crippen MR) is 139 cm³/mol. The summed E-state index contributed by atoms with van der Waals surface area (Å²) in [5.41, 5.74) is 4.00. The van der Waals surface area contributed by atoms with Crippen molar-refractivity contribution in [1.82, 2.24) is 14.9 Å². The number of ether oxygens (including phenoxy) is 1. The maximum Gasteiger partial charge on any atom is 0.213 e. The number of pyridine rings is 2. The topological polar surface area (TPSA) is 44.7 Å². The van der Waals surface area contributed by atoms with Gasteiger partial charge in [0.2, 0.25) is 5.95 Å². The van der Waals surface area contributed by atoms with Crippen LogP contribution in [0.1, 0.15) is 12.8 Å². The Bertz CT molecular complexity index is 1340. The van der Waals surface area contributed by atoms with Crippen molar-refractivity contribution in [1.29, 1.82) is 0 Å². The van der Waals surface area contributed by atoms with E-state index in [1.807, 2.05) is 24.4 Å². The second-order valence-corrected chi connectivity index (χ2v) is 9.41. The lowest BCUT2D eigenvalue weighted by molar-refractivity contribution is 0.160. The van der Waals surface area contributed by atoms with E-state index in [1.54, 1.807) is 13.2 Å². The SMILES string of the molecule is COc1ccc(N2CCC(N3CCN(c4cccc5cccnc45)CC3)CC2)c2nc(F)ccc12. The van der Waals surface area contributed by atoms with Gasteiger partial charge in [0, 0.05) is 62.3 Å². The van der Waals surface area contributed by atoms with E-state index in [4.69, 9.17) is 4.74 Å². The first kappa shape index (κ1) is 22.0. The van der Waals surface area contributed by atoms with Gasteiger partial charge >= 0.3 is 0 Å². The second kappa shape index (κ2) is 9.30. The molecule has 0 bridgehead atoms. The Morgan fingerprint density at radius 1 is 0.800 bits per heavy atom. The predicted octanol–water partition coefficient (Wildman–Crippen LogP) is 4.72. The van der Waals surface area contributed by atoms with Crippen LogP contribution in [-0.4, -0.2) is 67.3 Å². The standard InChI is InChI=1S/C28H30FN5O/c1-35-25-9-8-24(28-22(25)7-10-26(29)31-28)33-14-11-21(12-15-33)32-16-18-34(19-17-32)23-6-2-4-20-5-3-13-30-27(20)23/h2-10,13,21H,11-12,14-19H2,1H3. The number of anilines is 2. The van der Waals surface area contributed by atoms with Crippen molar-refractivity contribution in [3.8, 4) is 5.75 Å². The average Bonchev–Trinajstić information content (AvgIpc) is 2.92. The van der Waals surface area contributed by atoms with Gasteiger partial charge in [-0.05, 0) is 49.2 Å². The molecule has 2 aromatic carbocycles. The smallest absolute Gasteiger partial charge is 0.213 e. The van der Waals surface area contributed by atoms with Crippen LogP contribution in [0.15, 0.2) is 60.8 Å². The third kappa shape index (κ3) is 4.14. The van der Waals surface area contributed by atoms with Gasteiger partial charge in [-0.2, -0.15) is 4.39 Å². The Kier molecular flexibility index (Phi) is 5.86. The number of aromatic nitrogens is 2. The van der Waals surface area contributed by atoms with Crippen LogP contribution in [0.2, 0.25) is 0 Å². The minimum atomic E-state index is -0.457. The lowest BCUT2D eigenvalue weighted by Crippen LogP contribution is -2.53. The number of hydrogen-bond donors (Lipinski definition) is 0. The summed E-state index contributed by atoms with van der Waals surface area (Å²) in [4.78, 5) is 16.3.